The first-order chi connectivity index (χ1) is 16.9. The van der Waals surface area contributed by atoms with E-state index < -0.39 is 6.17 Å². The molecular formula is C26H35ClN4O4. The highest BCUT2D eigenvalue weighted by Crippen LogP contribution is 2.30. The number of unbranched alkanes of at least 4 members (excludes halogenated alkanes) is 1. The van der Waals surface area contributed by atoms with Crippen LogP contribution >= 0.6 is 11.6 Å². The van der Waals surface area contributed by atoms with Crippen LogP contribution < -0.4 is 20.7 Å². The van der Waals surface area contributed by atoms with Crippen molar-refractivity contribution in [2.24, 2.45) is 5.92 Å². The van der Waals surface area contributed by atoms with E-state index >= 15 is 0 Å². The lowest BCUT2D eigenvalue weighted by atomic mass is 9.99. The SMILES string of the molecule is CCCCOCCOc1ccc(C2CC(=O)NC(c3cc(CNC(=O)C(C)C)ccc3Cl)N2)cn1. The van der Waals surface area contributed by atoms with Crippen molar-refractivity contribution in [3.05, 3.63) is 58.2 Å². The van der Waals surface area contributed by atoms with E-state index in [0.29, 0.717) is 30.7 Å². The molecule has 35 heavy (non-hydrogen) atoms. The number of pyridine rings is 1. The van der Waals surface area contributed by atoms with Crippen molar-refractivity contribution in [1.82, 2.24) is 20.9 Å². The topological polar surface area (TPSA) is 102 Å². The monoisotopic (exact) mass is 502 g/mol. The van der Waals surface area contributed by atoms with Crippen LogP contribution in [0.1, 0.15) is 68.9 Å². The number of nitrogens with one attached hydrogen (secondary N) is 3. The molecule has 0 saturated carbocycles. The van der Waals surface area contributed by atoms with Crippen molar-refractivity contribution >= 4 is 23.4 Å². The number of aromatic nitrogens is 1. The zero-order valence-electron chi connectivity index (χ0n) is 20.6. The van der Waals surface area contributed by atoms with Crippen molar-refractivity contribution < 1.29 is 19.1 Å². The van der Waals surface area contributed by atoms with Crippen LogP contribution in [0.2, 0.25) is 5.02 Å². The van der Waals surface area contributed by atoms with Crippen LogP contribution in [0.15, 0.2) is 36.5 Å². The molecule has 8 nitrogen and oxygen atoms in total. The molecular weight excluding hydrogens is 468 g/mol. The van der Waals surface area contributed by atoms with E-state index in [1.165, 1.54) is 0 Å². The minimum absolute atomic E-state index is 0.0189. The second-order valence-electron chi connectivity index (χ2n) is 8.90. The number of ether oxygens (including phenoxy) is 2. The van der Waals surface area contributed by atoms with Gasteiger partial charge in [-0.3, -0.25) is 14.9 Å². The van der Waals surface area contributed by atoms with Crippen LogP contribution in [-0.4, -0.2) is 36.6 Å². The molecule has 3 rings (SSSR count). The molecule has 1 aromatic heterocycles. The molecule has 2 amide bonds. The second-order valence-corrected chi connectivity index (χ2v) is 9.30. The predicted molar refractivity (Wildman–Crippen MR) is 135 cm³/mol. The third-order valence-corrected chi connectivity index (χ3v) is 6.05. The molecule has 3 N–H and O–H groups in total. The van der Waals surface area contributed by atoms with Crippen molar-refractivity contribution in [3.8, 4) is 5.88 Å². The van der Waals surface area contributed by atoms with Gasteiger partial charge in [-0.15, -0.1) is 0 Å². The quantitative estimate of drug-likeness (QED) is 0.378. The molecule has 1 aliphatic heterocycles. The Bertz CT molecular complexity index is 984. The summed E-state index contributed by atoms with van der Waals surface area (Å²) in [4.78, 5) is 28.8. The second kappa shape index (κ2) is 13.4. The number of hydrogen-bond donors (Lipinski definition) is 3. The number of carbonyl (C=O) groups excluding carboxylic acids is 2. The fourth-order valence-corrected chi connectivity index (χ4v) is 3.87. The highest BCUT2D eigenvalue weighted by Gasteiger charge is 2.29. The molecule has 190 valence electrons. The maximum atomic E-state index is 12.5. The zero-order chi connectivity index (χ0) is 25.2. The van der Waals surface area contributed by atoms with Crippen LogP contribution in [0.3, 0.4) is 0 Å². The van der Waals surface area contributed by atoms with Crippen LogP contribution in [0.25, 0.3) is 0 Å². The van der Waals surface area contributed by atoms with Crippen molar-refractivity contribution in [2.75, 3.05) is 19.8 Å². The summed E-state index contributed by atoms with van der Waals surface area (Å²) in [6.07, 6.45) is 3.68. The Labute approximate surface area is 212 Å². The first kappa shape index (κ1) is 26.9. The van der Waals surface area contributed by atoms with E-state index in [9.17, 15) is 9.59 Å². The summed E-state index contributed by atoms with van der Waals surface area (Å²) in [6.45, 7) is 7.91. The molecule has 1 saturated heterocycles. The van der Waals surface area contributed by atoms with Gasteiger partial charge in [-0.1, -0.05) is 50.9 Å². The van der Waals surface area contributed by atoms with E-state index in [0.717, 1.165) is 36.1 Å². The lowest BCUT2D eigenvalue weighted by Gasteiger charge is -2.32. The Balaban J connectivity index is 1.62. The van der Waals surface area contributed by atoms with E-state index in [-0.39, 0.29) is 30.2 Å². The molecule has 0 bridgehead atoms. The van der Waals surface area contributed by atoms with Gasteiger partial charge in [0.1, 0.15) is 12.8 Å². The molecule has 1 aliphatic rings. The third kappa shape index (κ3) is 8.19. The summed E-state index contributed by atoms with van der Waals surface area (Å²) < 4.78 is 11.1. The van der Waals surface area contributed by atoms with Crippen molar-refractivity contribution in [2.45, 2.75) is 58.8 Å². The average Bonchev–Trinajstić information content (AvgIpc) is 2.85. The van der Waals surface area contributed by atoms with Gasteiger partial charge < -0.3 is 20.1 Å². The summed E-state index contributed by atoms with van der Waals surface area (Å²) >= 11 is 6.48. The number of hydrogen-bond acceptors (Lipinski definition) is 6. The minimum atomic E-state index is -0.467. The third-order valence-electron chi connectivity index (χ3n) is 5.71. The molecule has 9 heteroatoms. The van der Waals surface area contributed by atoms with Crippen molar-refractivity contribution in [3.63, 3.8) is 0 Å². The van der Waals surface area contributed by atoms with Gasteiger partial charge in [0.25, 0.3) is 0 Å². The van der Waals surface area contributed by atoms with Gasteiger partial charge in [0.05, 0.1) is 6.61 Å². The molecule has 2 unspecified atom stereocenters. The average molecular weight is 503 g/mol. The van der Waals surface area contributed by atoms with Crippen LogP contribution in [0, 0.1) is 5.92 Å². The van der Waals surface area contributed by atoms with Crippen LogP contribution in [-0.2, 0) is 20.9 Å². The summed E-state index contributed by atoms with van der Waals surface area (Å²) in [7, 11) is 0. The number of benzene rings is 1. The number of nitrogens with zero attached hydrogens (tertiary/aromatic N) is 1. The molecule has 2 atom stereocenters. The van der Waals surface area contributed by atoms with E-state index in [4.69, 9.17) is 21.1 Å². The van der Waals surface area contributed by atoms with Gasteiger partial charge in [0.2, 0.25) is 17.7 Å². The Morgan fingerprint density at radius 2 is 2.06 bits per heavy atom. The standard InChI is InChI=1S/C26H35ClN4O4/c1-4-5-10-34-11-12-35-24-9-7-19(16-28-24)22-14-23(32)31-25(30-22)20-13-18(6-8-21(20)27)15-29-26(33)17(2)3/h6-9,13,16-17,22,25,30H,4-5,10-12,14-15H2,1-3H3,(H,29,33)(H,31,32). The predicted octanol–water partition coefficient (Wildman–Crippen LogP) is 4.05. The largest absolute Gasteiger partial charge is 0.475 e. The number of carbonyl (C=O) groups is 2. The van der Waals surface area contributed by atoms with Gasteiger partial charge in [0.15, 0.2) is 0 Å². The van der Waals surface area contributed by atoms with Gasteiger partial charge in [0, 0.05) is 54.4 Å². The fourth-order valence-electron chi connectivity index (χ4n) is 3.64. The van der Waals surface area contributed by atoms with E-state index in [1.54, 1.807) is 18.3 Å². The number of amides is 2. The van der Waals surface area contributed by atoms with Gasteiger partial charge in [-0.2, -0.15) is 0 Å². The molecule has 1 aromatic carbocycles. The fraction of sp³-hybridized carbons (Fsp3) is 0.500. The molecule has 0 spiro atoms. The summed E-state index contributed by atoms with van der Waals surface area (Å²) in [5.41, 5.74) is 2.53. The molecule has 0 aliphatic carbocycles. The normalized spacial score (nSPS) is 17.8. The Kier molecular flexibility index (Phi) is 10.3. The molecule has 1 fully saturated rings. The van der Waals surface area contributed by atoms with Crippen LogP contribution in [0.4, 0.5) is 0 Å². The highest BCUT2D eigenvalue weighted by atomic mass is 35.5. The molecule has 2 aromatic rings. The summed E-state index contributed by atoms with van der Waals surface area (Å²) in [5.74, 6) is 0.322. The first-order valence-electron chi connectivity index (χ1n) is 12.1. The lowest BCUT2D eigenvalue weighted by molar-refractivity contribution is -0.125. The smallest absolute Gasteiger partial charge is 0.223 e. The molecule has 0 radical (unpaired) electrons. The highest BCUT2D eigenvalue weighted by molar-refractivity contribution is 6.31. The van der Waals surface area contributed by atoms with Crippen molar-refractivity contribution in [1.29, 1.82) is 0 Å². The van der Waals surface area contributed by atoms with E-state index in [2.05, 4.69) is 27.9 Å². The number of rotatable bonds is 12. The Hall–Kier alpha value is -2.68. The number of halogens is 1. The zero-order valence-corrected chi connectivity index (χ0v) is 21.4. The van der Waals surface area contributed by atoms with Gasteiger partial charge in [-0.25, -0.2) is 4.98 Å². The van der Waals surface area contributed by atoms with Gasteiger partial charge >= 0.3 is 0 Å². The van der Waals surface area contributed by atoms with E-state index in [1.807, 2.05) is 32.0 Å². The summed E-state index contributed by atoms with van der Waals surface area (Å²) in [6, 6.07) is 9.04. The maximum absolute atomic E-state index is 12.5. The Morgan fingerprint density at radius 3 is 2.77 bits per heavy atom. The first-order valence-corrected chi connectivity index (χ1v) is 12.5. The lowest BCUT2D eigenvalue weighted by Crippen LogP contribution is -2.46. The van der Waals surface area contributed by atoms with Crippen LogP contribution in [0.5, 0.6) is 5.88 Å². The Morgan fingerprint density at radius 1 is 1.23 bits per heavy atom. The summed E-state index contributed by atoms with van der Waals surface area (Å²) in [5, 5.41) is 9.86. The van der Waals surface area contributed by atoms with Gasteiger partial charge in [-0.05, 0) is 29.7 Å². The maximum Gasteiger partial charge on any atom is 0.223 e. The molecule has 2 heterocycles. The minimum Gasteiger partial charge on any atom is -0.475 e.